The molecule has 36 nitrogen and oxygen atoms in total. The van der Waals surface area contributed by atoms with E-state index < -0.39 is 59.4 Å². The minimum absolute atomic E-state index is 0. The van der Waals surface area contributed by atoms with Gasteiger partial charge in [-0.15, -0.1) is 24.8 Å². The molecule has 5 aromatic rings. The third-order valence-corrected chi connectivity index (χ3v) is 26.2. The van der Waals surface area contributed by atoms with E-state index in [2.05, 4.69) is 73.8 Å². The van der Waals surface area contributed by atoms with Crippen LogP contribution in [0.3, 0.4) is 0 Å². The zero-order chi connectivity index (χ0) is 89.9. The fourth-order valence-corrected chi connectivity index (χ4v) is 19.3. The molecule has 0 radical (unpaired) electrons. The summed E-state index contributed by atoms with van der Waals surface area (Å²) < 4.78 is 5.45. The van der Waals surface area contributed by atoms with E-state index in [1.807, 2.05) is 81.4 Å². The van der Waals surface area contributed by atoms with Crippen molar-refractivity contribution in [3.63, 3.8) is 0 Å². The topological polar surface area (TPSA) is 419 Å². The van der Waals surface area contributed by atoms with Crippen LogP contribution in [0.5, 0.6) is 0 Å². The second-order valence-corrected chi connectivity index (χ2v) is 35.7. The van der Waals surface area contributed by atoms with Gasteiger partial charge in [-0.2, -0.15) is 0 Å². The van der Waals surface area contributed by atoms with E-state index in [9.17, 15) is 81.5 Å². The van der Waals surface area contributed by atoms with Gasteiger partial charge in [0, 0.05) is 233 Å². The second-order valence-electron chi connectivity index (χ2n) is 35.7. The average Bonchev–Trinajstić information content (AvgIpc) is 1.59. The fraction of sp³-hybridized carbons (Fsp3) is 0.495. The van der Waals surface area contributed by atoms with Crippen molar-refractivity contribution in [3.8, 4) is 0 Å². The van der Waals surface area contributed by atoms with Crippen molar-refractivity contribution in [2.45, 2.75) is 193 Å². The van der Waals surface area contributed by atoms with Crippen LogP contribution in [0.25, 0.3) is 0 Å². The quantitative estimate of drug-likeness (QED) is 0.0696. The summed E-state index contributed by atoms with van der Waals surface area (Å²) in [5.74, 6) is -4.94. The average molecular weight is 1910 g/mol. The van der Waals surface area contributed by atoms with Gasteiger partial charge in [0.05, 0.1) is 11.1 Å². The first-order valence-corrected chi connectivity index (χ1v) is 44.7. The molecule has 15 aliphatic rings. The Kier molecular flexibility index (Phi) is 32.2. The largest absolute Gasteiger partial charge is 0.444 e. The monoisotopic (exact) mass is 1900 g/mol. The van der Waals surface area contributed by atoms with Gasteiger partial charge in [0.2, 0.25) is 59.1 Å². The molecule has 20 rings (SSSR count). The van der Waals surface area contributed by atoms with Crippen LogP contribution in [-0.4, -0.2) is 271 Å². The maximum Gasteiger partial charge on any atom is 0.410 e. The van der Waals surface area contributed by atoms with Crippen LogP contribution in [0, 0.1) is 0 Å². The SMILES string of the molecule is C.CC(C)(C)OC(=O)N1CCN(c2ccc3c(c2)CN(C2CCC(=O)NC2=O)C3=O)CC1.Cl.Cl.O=C1CCC(N2C(=O)c3ccc(N4CCCCC4)cc3C2=O)C(=O)N1.O=C1CCC(N2Cc3cc(N4CCNCC4)ccc3C2=O)C(=O)N1.O=C1CCC(N2Cc3ccc(N4CCCCC4)cc3C2=O)C(=O)N1.O=C1CCC(N2Cc3ccc(N4CCNCC4)cc3C2=O)C(=O)N1.[Zn]. The number of carbonyl (C=O) groups excluding carboxylic acids is 17. The molecule has 7 N–H and O–H groups in total. The van der Waals surface area contributed by atoms with Crippen molar-refractivity contribution in [2.75, 3.05) is 129 Å². The molecule has 0 aromatic heterocycles. The van der Waals surface area contributed by atoms with Crippen molar-refractivity contribution < 1.29 is 106 Å². The summed E-state index contributed by atoms with van der Waals surface area (Å²) >= 11 is 0. The molecule has 39 heteroatoms. The Morgan fingerprint density at radius 3 is 0.932 bits per heavy atom. The Bertz CT molecular complexity index is 5200. The van der Waals surface area contributed by atoms with E-state index >= 15 is 0 Å². The third-order valence-electron chi connectivity index (χ3n) is 26.2. The van der Waals surface area contributed by atoms with E-state index in [1.54, 1.807) is 42.7 Å². The number of hydrogen-bond acceptors (Lipinski definition) is 25. The zero-order valence-electron chi connectivity index (χ0n) is 73.8. The number of anilines is 5. The molecular formula is C93H114Cl2N18O18Zn. The van der Waals surface area contributed by atoms with Crippen LogP contribution >= 0.6 is 24.8 Å². The fourth-order valence-electron chi connectivity index (χ4n) is 19.3. The van der Waals surface area contributed by atoms with Crippen molar-refractivity contribution >= 4 is 154 Å². The van der Waals surface area contributed by atoms with E-state index in [1.165, 1.54) is 25.7 Å². The van der Waals surface area contributed by atoms with E-state index in [0.717, 1.165) is 147 Å². The van der Waals surface area contributed by atoms with Crippen LogP contribution in [0.4, 0.5) is 33.2 Å². The van der Waals surface area contributed by atoms with Crippen molar-refractivity contribution in [1.82, 2.24) is 66.6 Å². The molecule has 10 saturated heterocycles. The number of rotatable bonds is 10. The van der Waals surface area contributed by atoms with Crippen LogP contribution in [0.15, 0.2) is 91.0 Å². The Morgan fingerprint density at radius 1 is 0.311 bits per heavy atom. The number of imide groups is 6. The van der Waals surface area contributed by atoms with Crippen molar-refractivity contribution in [1.29, 1.82) is 0 Å². The predicted molar refractivity (Wildman–Crippen MR) is 487 cm³/mol. The van der Waals surface area contributed by atoms with Gasteiger partial charge in [0.1, 0.15) is 35.8 Å². The minimum Gasteiger partial charge on any atom is -0.444 e. The number of piperidine rings is 7. The number of ether oxygens (including phenoxy) is 1. The number of benzene rings is 5. The Morgan fingerprint density at radius 2 is 0.591 bits per heavy atom. The van der Waals surface area contributed by atoms with Gasteiger partial charge in [0.25, 0.3) is 35.4 Å². The first-order chi connectivity index (χ1) is 61.6. The number of nitrogens with one attached hydrogen (secondary N) is 7. The normalized spacial score (nSPS) is 22.8. The van der Waals surface area contributed by atoms with Crippen LogP contribution < -0.4 is 61.7 Å². The summed E-state index contributed by atoms with van der Waals surface area (Å²) in [5.41, 5.74) is 11.7. The number of halogens is 2. The maximum atomic E-state index is 12.8. The molecule has 5 atom stereocenters. The molecule has 5 unspecified atom stereocenters. The van der Waals surface area contributed by atoms with Crippen molar-refractivity contribution in [2.24, 2.45) is 0 Å². The number of amides is 17. The number of hydrogen-bond donors (Lipinski definition) is 7. The smallest absolute Gasteiger partial charge is 0.410 e. The van der Waals surface area contributed by atoms with Crippen LogP contribution in [0.1, 0.15) is 215 Å². The molecule has 132 heavy (non-hydrogen) atoms. The number of fused-ring (bicyclic) bond motifs is 5. The van der Waals surface area contributed by atoms with Crippen LogP contribution in [0.2, 0.25) is 0 Å². The number of nitrogens with zero attached hydrogens (tertiary/aromatic N) is 11. The van der Waals surface area contributed by atoms with Gasteiger partial charge in [0.15, 0.2) is 0 Å². The molecule has 17 amide bonds. The summed E-state index contributed by atoms with van der Waals surface area (Å²) in [6.07, 6.45) is 9.73. The summed E-state index contributed by atoms with van der Waals surface area (Å²) in [6, 6.07) is 25.7. The van der Waals surface area contributed by atoms with Gasteiger partial charge in [-0.1, -0.05) is 19.6 Å². The third kappa shape index (κ3) is 21.8. The van der Waals surface area contributed by atoms with Gasteiger partial charge in [-0.25, -0.2) is 4.79 Å². The summed E-state index contributed by atoms with van der Waals surface area (Å²) in [6.45, 7) is 21.2. The number of carbonyl (C=O) groups is 17. The Balaban J connectivity index is 0.000000148. The summed E-state index contributed by atoms with van der Waals surface area (Å²) in [4.78, 5) is 226. The van der Waals surface area contributed by atoms with Gasteiger partial charge < -0.3 is 64.4 Å². The van der Waals surface area contributed by atoms with Crippen LogP contribution in [-0.2, 0) is 98.3 Å². The molecule has 700 valence electrons. The Labute approximate surface area is 790 Å². The van der Waals surface area contributed by atoms with Gasteiger partial charge in [-0.05, 0) is 193 Å². The van der Waals surface area contributed by atoms with Gasteiger partial charge >= 0.3 is 6.09 Å². The first kappa shape index (κ1) is 99.2. The van der Waals surface area contributed by atoms with E-state index in [4.69, 9.17) is 4.74 Å². The molecule has 10 fully saturated rings. The molecule has 0 aliphatic carbocycles. The first-order valence-electron chi connectivity index (χ1n) is 44.7. The Hall–Kier alpha value is -11.8. The summed E-state index contributed by atoms with van der Waals surface area (Å²) in [5, 5.41) is 18.2. The van der Waals surface area contributed by atoms with Crippen molar-refractivity contribution in [3.05, 3.63) is 147 Å². The molecule has 5 aromatic carbocycles. The standard InChI is InChI=1S/C22H28N4O5.C18H19N3O4.C18H21N3O3.2C17H20N4O3.CH4.2ClH.Zn/c1-22(2,3)31-21(30)25-10-8-24(9-11-25)15-4-5-16-14(12-15)13-26(20(16)29)17-6-7-18(27)23-19(17)28;22-15-7-6-14(16(23)19-15)21-17(24)12-5-4-11(10-13(12)18(21)25)20-8-2-1-3-9-20;22-16-7-6-15(17(23)19-16)21-11-12-4-5-13(10-14(12)18(21)24)20-8-2-1-3-9-20;22-15-4-3-14(16(23)19-15)21-10-11-9-12(1-2-13(11)17(21)24)20-7-5-18-6-8-20;22-15-4-3-14(16(23)19-15)21-10-11-1-2-12(9-13(11)17(21)24)20-7-5-18-6-8-20;;;;/h4-5,12,17H,6-11,13H2,1-3H3,(H,23,27,28);4-5,10,14H,1-3,6-9H2,(H,19,22,23);4-5,10,15H,1-3,6-9,11H2,(H,19,22,23);2*1-2,9,14,18H,3-8,10H2,(H,19,22,23);1H4;2*1H;. The molecule has 15 aliphatic heterocycles. The number of piperazine rings is 3. The van der Waals surface area contributed by atoms with Gasteiger partial charge in [-0.3, -0.25) is 108 Å². The molecular weight excluding hydrogens is 1790 g/mol. The van der Waals surface area contributed by atoms with E-state index in [0.29, 0.717) is 111 Å². The molecule has 0 saturated carbocycles. The maximum absolute atomic E-state index is 12.8. The molecule has 15 heterocycles. The minimum atomic E-state index is -0.913. The molecule has 0 spiro atoms. The molecule has 0 bridgehead atoms. The van der Waals surface area contributed by atoms with E-state index in [-0.39, 0.29) is 167 Å². The second kappa shape index (κ2) is 42.8. The predicted octanol–water partition coefficient (Wildman–Crippen LogP) is 5.21. The zero-order valence-corrected chi connectivity index (χ0v) is 78.4. The summed E-state index contributed by atoms with van der Waals surface area (Å²) in [7, 11) is 0.